The van der Waals surface area contributed by atoms with Crippen LogP contribution in [0.3, 0.4) is 0 Å². The number of nitrogen functional groups attached to an aromatic ring is 1. The van der Waals surface area contributed by atoms with Gasteiger partial charge in [0.1, 0.15) is 5.75 Å². The van der Waals surface area contributed by atoms with Crippen LogP contribution in [0, 0.1) is 0 Å². The van der Waals surface area contributed by atoms with E-state index < -0.39 is 5.91 Å². The van der Waals surface area contributed by atoms with E-state index in [2.05, 4.69) is 31.9 Å². The van der Waals surface area contributed by atoms with E-state index in [1.54, 1.807) is 12.1 Å². The molecule has 1 aromatic carbocycles. The maximum atomic E-state index is 10.5. The topological polar surface area (TPSA) is 78.3 Å². The highest BCUT2D eigenvalue weighted by Gasteiger charge is 2.08. The molecule has 0 aliphatic heterocycles. The summed E-state index contributed by atoms with van der Waals surface area (Å²) < 4.78 is 6.85. The van der Waals surface area contributed by atoms with Crippen molar-refractivity contribution in [3.63, 3.8) is 0 Å². The van der Waals surface area contributed by atoms with Gasteiger partial charge in [0, 0.05) is 5.69 Å². The van der Waals surface area contributed by atoms with Gasteiger partial charge in [-0.1, -0.05) is 0 Å². The van der Waals surface area contributed by atoms with E-state index in [0.717, 1.165) is 8.95 Å². The highest BCUT2D eigenvalue weighted by atomic mass is 79.9. The second kappa shape index (κ2) is 5.37. The van der Waals surface area contributed by atoms with Crippen LogP contribution in [-0.2, 0) is 4.79 Å². The molecule has 0 heterocycles. The lowest BCUT2D eigenvalue weighted by atomic mass is 10.3. The SMILES string of the molecule is NC(=O)CCOc1c(Br)cc(N)cc1Br. The van der Waals surface area contributed by atoms with Crippen LogP contribution < -0.4 is 16.2 Å². The number of anilines is 1. The Morgan fingerprint density at radius 3 is 2.33 bits per heavy atom. The quantitative estimate of drug-likeness (QED) is 0.825. The van der Waals surface area contributed by atoms with Crippen molar-refractivity contribution in [1.29, 1.82) is 0 Å². The third-order valence-corrected chi connectivity index (χ3v) is 2.79. The molecule has 0 fully saturated rings. The molecule has 1 rings (SSSR count). The van der Waals surface area contributed by atoms with Crippen LogP contribution in [0.5, 0.6) is 5.75 Å². The van der Waals surface area contributed by atoms with Crippen molar-refractivity contribution < 1.29 is 9.53 Å². The van der Waals surface area contributed by atoms with Crippen molar-refractivity contribution >= 4 is 43.5 Å². The number of halogens is 2. The van der Waals surface area contributed by atoms with Crippen molar-refractivity contribution in [1.82, 2.24) is 0 Å². The zero-order valence-corrected chi connectivity index (χ0v) is 11.0. The van der Waals surface area contributed by atoms with Gasteiger partial charge in [-0.3, -0.25) is 4.79 Å². The van der Waals surface area contributed by atoms with E-state index in [1.165, 1.54) is 0 Å². The first-order chi connectivity index (χ1) is 7.00. The summed E-state index contributed by atoms with van der Waals surface area (Å²) in [6.07, 6.45) is 0.184. The molecule has 0 aliphatic rings. The van der Waals surface area contributed by atoms with Crippen molar-refractivity contribution in [3.8, 4) is 5.75 Å². The van der Waals surface area contributed by atoms with Crippen LogP contribution in [0.25, 0.3) is 0 Å². The minimum absolute atomic E-state index is 0.184. The average molecular weight is 338 g/mol. The summed E-state index contributed by atoms with van der Waals surface area (Å²) in [6.45, 7) is 0.246. The molecule has 6 heteroatoms. The highest BCUT2D eigenvalue weighted by Crippen LogP contribution is 2.35. The highest BCUT2D eigenvalue weighted by molar-refractivity contribution is 9.11. The van der Waals surface area contributed by atoms with Gasteiger partial charge in [0.25, 0.3) is 0 Å². The summed E-state index contributed by atoms with van der Waals surface area (Å²) in [7, 11) is 0. The van der Waals surface area contributed by atoms with E-state index in [1.807, 2.05) is 0 Å². The molecule has 82 valence electrons. The molecule has 0 unspecified atom stereocenters. The van der Waals surface area contributed by atoms with Crippen LogP contribution >= 0.6 is 31.9 Å². The van der Waals surface area contributed by atoms with Gasteiger partial charge in [-0.25, -0.2) is 0 Å². The van der Waals surface area contributed by atoms with Crippen LogP contribution in [0.15, 0.2) is 21.1 Å². The standard InChI is InChI=1S/C9H10Br2N2O2/c10-6-3-5(12)4-7(11)9(6)15-2-1-8(13)14/h3-4H,1-2,12H2,(H2,13,14). The second-order valence-corrected chi connectivity index (χ2v) is 4.59. The van der Waals surface area contributed by atoms with Gasteiger partial charge in [-0.15, -0.1) is 0 Å². The predicted molar refractivity (Wildman–Crippen MR) is 65.6 cm³/mol. The fourth-order valence-electron chi connectivity index (χ4n) is 0.971. The summed E-state index contributed by atoms with van der Waals surface area (Å²) in [4.78, 5) is 10.5. The monoisotopic (exact) mass is 336 g/mol. The van der Waals surface area contributed by atoms with E-state index in [9.17, 15) is 4.79 Å². The number of carbonyl (C=O) groups is 1. The molecule has 4 nitrogen and oxygen atoms in total. The van der Waals surface area contributed by atoms with Crippen molar-refractivity contribution in [2.24, 2.45) is 5.73 Å². The van der Waals surface area contributed by atoms with Crippen LogP contribution in [0.2, 0.25) is 0 Å². The lowest BCUT2D eigenvalue weighted by Gasteiger charge is -2.10. The maximum Gasteiger partial charge on any atom is 0.220 e. The van der Waals surface area contributed by atoms with Crippen LogP contribution in [-0.4, -0.2) is 12.5 Å². The van der Waals surface area contributed by atoms with Gasteiger partial charge >= 0.3 is 0 Å². The Morgan fingerprint density at radius 1 is 1.33 bits per heavy atom. The zero-order chi connectivity index (χ0) is 11.4. The number of hydrogen-bond donors (Lipinski definition) is 2. The Labute approximate surface area is 104 Å². The number of amides is 1. The van der Waals surface area contributed by atoms with Gasteiger partial charge in [0.05, 0.1) is 22.0 Å². The minimum Gasteiger partial charge on any atom is -0.491 e. The Hall–Kier alpha value is -0.750. The molecular formula is C9H10Br2N2O2. The van der Waals surface area contributed by atoms with Gasteiger partial charge < -0.3 is 16.2 Å². The maximum absolute atomic E-state index is 10.5. The molecule has 0 bridgehead atoms. The zero-order valence-electron chi connectivity index (χ0n) is 7.80. The van der Waals surface area contributed by atoms with Crippen molar-refractivity contribution in [3.05, 3.63) is 21.1 Å². The summed E-state index contributed by atoms with van der Waals surface area (Å²) in [5.74, 6) is 0.225. The molecule has 1 aromatic rings. The molecule has 4 N–H and O–H groups in total. The van der Waals surface area contributed by atoms with Crippen LogP contribution in [0.4, 0.5) is 5.69 Å². The number of ether oxygens (including phenoxy) is 1. The number of carbonyl (C=O) groups excluding carboxylic acids is 1. The first-order valence-electron chi connectivity index (χ1n) is 4.16. The largest absolute Gasteiger partial charge is 0.491 e. The van der Waals surface area contributed by atoms with Crippen LogP contribution in [0.1, 0.15) is 6.42 Å². The number of primary amides is 1. The van der Waals surface area contributed by atoms with E-state index in [4.69, 9.17) is 16.2 Å². The Balaban J connectivity index is 2.72. The fraction of sp³-hybridized carbons (Fsp3) is 0.222. The molecule has 0 radical (unpaired) electrons. The molecule has 0 saturated heterocycles. The number of benzene rings is 1. The Kier molecular flexibility index (Phi) is 4.41. The summed E-state index contributed by atoms with van der Waals surface area (Å²) in [5, 5.41) is 0. The first-order valence-corrected chi connectivity index (χ1v) is 5.75. The second-order valence-electron chi connectivity index (χ2n) is 2.88. The molecule has 0 atom stereocenters. The fourth-order valence-corrected chi connectivity index (χ4v) is 2.42. The molecule has 0 aliphatic carbocycles. The molecule has 0 aromatic heterocycles. The van der Waals surface area contributed by atoms with Gasteiger partial charge in [-0.2, -0.15) is 0 Å². The van der Waals surface area contributed by atoms with Gasteiger partial charge in [0.2, 0.25) is 5.91 Å². The Morgan fingerprint density at radius 2 is 1.87 bits per heavy atom. The minimum atomic E-state index is -0.391. The summed E-state index contributed by atoms with van der Waals surface area (Å²) in [5.41, 5.74) is 11.2. The first kappa shape index (κ1) is 12.3. The van der Waals surface area contributed by atoms with Gasteiger partial charge in [0.15, 0.2) is 0 Å². The summed E-state index contributed by atoms with van der Waals surface area (Å²) >= 11 is 6.63. The lowest BCUT2D eigenvalue weighted by Crippen LogP contribution is -2.14. The molecule has 15 heavy (non-hydrogen) atoms. The normalized spacial score (nSPS) is 10.0. The smallest absolute Gasteiger partial charge is 0.220 e. The van der Waals surface area contributed by atoms with Gasteiger partial charge in [-0.05, 0) is 44.0 Å². The molecule has 0 spiro atoms. The predicted octanol–water partition coefficient (Wildman–Crippen LogP) is 2.05. The van der Waals surface area contributed by atoms with Crippen molar-refractivity contribution in [2.75, 3.05) is 12.3 Å². The number of nitrogens with two attached hydrogens (primary N) is 2. The van der Waals surface area contributed by atoms with E-state index in [-0.39, 0.29) is 13.0 Å². The summed E-state index contributed by atoms with van der Waals surface area (Å²) in [6, 6.07) is 3.45. The number of hydrogen-bond acceptors (Lipinski definition) is 3. The number of rotatable bonds is 4. The average Bonchev–Trinajstić information content (AvgIpc) is 2.08. The molecular weight excluding hydrogens is 328 g/mol. The van der Waals surface area contributed by atoms with Crippen molar-refractivity contribution in [2.45, 2.75) is 6.42 Å². The third kappa shape index (κ3) is 3.71. The molecule has 1 amide bonds. The lowest BCUT2D eigenvalue weighted by molar-refractivity contribution is -0.118. The third-order valence-electron chi connectivity index (χ3n) is 1.62. The Bertz CT molecular complexity index is 359. The van der Waals surface area contributed by atoms with E-state index in [0.29, 0.717) is 11.4 Å². The van der Waals surface area contributed by atoms with E-state index >= 15 is 0 Å². The molecule has 0 saturated carbocycles.